The molecule has 88 valence electrons. The van der Waals surface area contributed by atoms with Crippen molar-refractivity contribution in [2.24, 2.45) is 0 Å². The lowest BCUT2D eigenvalue weighted by Gasteiger charge is -2.14. The van der Waals surface area contributed by atoms with E-state index >= 15 is 0 Å². The first-order valence-electron chi connectivity index (χ1n) is 5.72. The number of pyridine rings is 1. The van der Waals surface area contributed by atoms with Crippen molar-refractivity contribution in [1.29, 1.82) is 0 Å². The molecule has 1 aromatic rings. The summed E-state index contributed by atoms with van der Waals surface area (Å²) >= 11 is 0. The lowest BCUT2D eigenvalue weighted by atomic mass is 10.2. The fourth-order valence-electron chi connectivity index (χ4n) is 1.84. The van der Waals surface area contributed by atoms with Gasteiger partial charge in [0.15, 0.2) is 0 Å². The highest BCUT2D eigenvalue weighted by atomic mass is 16.5. The van der Waals surface area contributed by atoms with E-state index in [1.54, 1.807) is 6.20 Å². The molecule has 16 heavy (non-hydrogen) atoms. The fraction of sp³-hybridized carbons (Fsp3) is 0.583. The second kappa shape index (κ2) is 5.82. The van der Waals surface area contributed by atoms with Crippen LogP contribution in [0.3, 0.4) is 0 Å². The summed E-state index contributed by atoms with van der Waals surface area (Å²) in [4.78, 5) is 4.09. The largest absolute Gasteiger partial charge is 0.490 e. The Labute approximate surface area is 96.0 Å². The molecule has 1 aromatic heterocycles. The van der Waals surface area contributed by atoms with Gasteiger partial charge in [-0.3, -0.25) is 4.98 Å². The van der Waals surface area contributed by atoms with Crippen LogP contribution in [0.2, 0.25) is 0 Å². The molecule has 0 amide bonds. The molecule has 4 nitrogen and oxygen atoms in total. The van der Waals surface area contributed by atoms with Gasteiger partial charge in [0.25, 0.3) is 0 Å². The highest BCUT2D eigenvalue weighted by Gasteiger charge is 2.16. The van der Waals surface area contributed by atoms with Gasteiger partial charge in [-0.1, -0.05) is 0 Å². The van der Waals surface area contributed by atoms with Gasteiger partial charge in [0.2, 0.25) is 0 Å². The van der Waals surface area contributed by atoms with Crippen LogP contribution >= 0.6 is 0 Å². The minimum Gasteiger partial charge on any atom is -0.490 e. The molecule has 1 N–H and O–H groups in total. The Morgan fingerprint density at radius 2 is 2.56 bits per heavy atom. The zero-order chi connectivity index (χ0) is 11.2. The van der Waals surface area contributed by atoms with Crippen molar-refractivity contribution < 1.29 is 9.47 Å². The normalized spacial score (nSPS) is 19.9. The summed E-state index contributed by atoms with van der Waals surface area (Å²) in [5.74, 6) is 0.903. The molecule has 0 spiro atoms. The van der Waals surface area contributed by atoms with E-state index in [-0.39, 0.29) is 6.10 Å². The molecule has 1 saturated heterocycles. The van der Waals surface area contributed by atoms with Gasteiger partial charge in [0.1, 0.15) is 12.4 Å². The molecule has 0 saturated carbocycles. The maximum atomic E-state index is 5.77. The quantitative estimate of drug-likeness (QED) is 0.817. The van der Waals surface area contributed by atoms with Crippen LogP contribution < -0.4 is 10.1 Å². The predicted octanol–water partition coefficient (Wildman–Crippen LogP) is 1.36. The van der Waals surface area contributed by atoms with Crippen LogP contribution in [-0.2, 0) is 11.3 Å². The molecule has 2 heterocycles. The molecule has 0 aliphatic carbocycles. The molecule has 0 bridgehead atoms. The molecule has 1 atom stereocenters. The summed E-state index contributed by atoms with van der Waals surface area (Å²) in [5, 5.41) is 3.10. The first-order chi connectivity index (χ1) is 7.90. The zero-order valence-electron chi connectivity index (χ0n) is 9.61. The van der Waals surface area contributed by atoms with Crippen molar-refractivity contribution in [2.45, 2.75) is 25.5 Å². The molecule has 0 aromatic carbocycles. The monoisotopic (exact) mass is 222 g/mol. The summed E-state index contributed by atoms with van der Waals surface area (Å²) in [7, 11) is 1.91. The van der Waals surface area contributed by atoms with E-state index < -0.39 is 0 Å². The van der Waals surface area contributed by atoms with Crippen molar-refractivity contribution in [1.82, 2.24) is 10.3 Å². The van der Waals surface area contributed by atoms with Gasteiger partial charge in [-0.05, 0) is 26.0 Å². The topological polar surface area (TPSA) is 43.4 Å². The minimum atomic E-state index is 0.260. The number of ether oxygens (including phenoxy) is 2. The Morgan fingerprint density at radius 1 is 1.62 bits per heavy atom. The lowest BCUT2D eigenvalue weighted by Crippen LogP contribution is -2.17. The van der Waals surface area contributed by atoms with Crippen molar-refractivity contribution in [3.8, 4) is 5.75 Å². The Kier molecular flexibility index (Phi) is 4.13. The van der Waals surface area contributed by atoms with E-state index in [1.807, 2.05) is 19.3 Å². The molecule has 1 fully saturated rings. The molecule has 2 rings (SSSR count). The third kappa shape index (κ3) is 2.93. The van der Waals surface area contributed by atoms with Gasteiger partial charge in [-0.2, -0.15) is 0 Å². The number of nitrogens with one attached hydrogen (secondary N) is 1. The van der Waals surface area contributed by atoms with E-state index in [0.29, 0.717) is 6.61 Å². The van der Waals surface area contributed by atoms with Crippen LogP contribution in [0.5, 0.6) is 5.75 Å². The fourth-order valence-corrected chi connectivity index (χ4v) is 1.84. The van der Waals surface area contributed by atoms with Crippen molar-refractivity contribution in [3.63, 3.8) is 0 Å². The lowest BCUT2D eigenvalue weighted by molar-refractivity contribution is 0.0675. The number of hydrogen-bond acceptors (Lipinski definition) is 4. The maximum Gasteiger partial charge on any atom is 0.127 e. The molecule has 1 unspecified atom stereocenters. The molecule has 1 aliphatic heterocycles. The summed E-state index contributed by atoms with van der Waals surface area (Å²) in [5.41, 5.74) is 1.09. The van der Waals surface area contributed by atoms with Gasteiger partial charge < -0.3 is 14.8 Å². The third-order valence-corrected chi connectivity index (χ3v) is 2.67. The highest BCUT2D eigenvalue weighted by Crippen LogP contribution is 2.19. The second-order valence-corrected chi connectivity index (χ2v) is 3.96. The molecular formula is C12H18N2O2. The average molecular weight is 222 g/mol. The van der Waals surface area contributed by atoms with E-state index in [0.717, 1.165) is 37.3 Å². The minimum absolute atomic E-state index is 0.260. The second-order valence-electron chi connectivity index (χ2n) is 3.96. The maximum absolute atomic E-state index is 5.77. The molecular weight excluding hydrogens is 204 g/mol. The Balaban J connectivity index is 1.91. The Hall–Kier alpha value is -1.13. The van der Waals surface area contributed by atoms with Gasteiger partial charge in [0, 0.05) is 31.1 Å². The summed E-state index contributed by atoms with van der Waals surface area (Å²) in [6, 6.07) is 1.90. The molecule has 0 radical (unpaired) electrons. The first kappa shape index (κ1) is 11.4. The average Bonchev–Trinajstić information content (AvgIpc) is 2.81. The van der Waals surface area contributed by atoms with Gasteiger partial charge >= 0.3 is 0 Å². The number of aromatic nitrogens is 1. The van der Waals surface area contributed by atoms with Gasteiger partial charge in [-0.25, -0.2) is 0 Å². The van der Waals surface area contributed by atoms with Crippen LogP contribution in [0, 0.1) is 0 Å². The van der Waals surface area contributed by atoms with E-state index in [1.165, 1.54) is 0 Å². The van der Waals surface area contributed by atoms with Crippen LogP contribution in [0.15, 0.2) is 18.5 Å². The number of rotatable bonds is 5. The van der Waals surface area contributed by atoms with Crippen LogP contribution in [0.25, 0.3) is 0 Å². The van der Waals surface area contributed by atoms with Crippen molar-refractivity contribution in [3.05, 3.63) is 24.0 Å². The summed E-state index contributed by atoms with van der Waals surface area (Å²) in [6.07, 6.45) is 6.10. The molecule has 1 aliphatic rings. The smallest absolute Gasteiger partial charge is 0.127 e. The highest BCUT2D eigenvalue weighted by molar-refractivity contribution is 5.29. The standard InChI is InChI=1S/C12H18N2O2/c1-13-7-10-8-14-5-4-12(10)16-9-11-3-2-6-15-11/h4-5,8,11,13H,2-3,6-7,9H2,1H3. The van der Waals surface area contributed by atoms with Crippen molar-refractivity contribution in [2.75, 3.05) is 20.3 Å². The zero-order valence-corrected chi connectivity index (χ0v) is 9.61. The van der Waals surface area contributed by atoms with Crippen LogP contribution in [-0.4, -0.2) is 31.3 Å². The summed E-state index contributed by atoms with van der Waals surface area (Å²) < 4.78 is 11.3. The predicted molar refractivity (Wildman–Crippen MR) is 61.5 cm³/mol. The number of nitrogens with zero attached hydrogens (tertiary/aromatic N) is 1. The first-order valence-corrected chi connectivity index (χ1v) is 5.72. The number of hydrogen-bond donors (Lipinski definition) is 1. The van der Waals surface area contributed by atoms with Gasteiger partial charge in [-0.15, -0.1) is 0 Å². The van der Waals surface area contributed by atoms with E-state index in [9.17, 15) is 0 Å². The van der Waals surface area contributed by atoms with E-state index in [2.05, 4.69) is 10.3 Å². The van der Waals surface area contributed by atoms with E-state index in [4.69, 9.17) is 9.47 Å². The van der Waals surface area contributed by atoms with Crippen LogP contribution in [0.4, 0.5) is 0 Å². The molecule has 4 heteroatoms. The Morgan fingerprint density at radius 3 is 3.31 bits per heavy atom. The summed E-state index contributed by atoms with van der Waals surface area (Å²) in [6.45, 7) is 2.28. The Bertz CT molecular complexity index is 325. The SMILES string of the molecule is CNCc1cnccc1OCC1CCCO1. The van der Waals surface area contributed by atoms with Crippen LogP contribution in [0.1, 0.15) is 18.4 Å². The van der Waals surface area contributed by atoms with Crippen molar-refractivity contribution >= 4 is 0 Å². The third-order valence-electron chi connectivity index (χ3n) is 2.67. The van der Waals surface area contributed by atoms with Gasteiger partial charge in [0.05, 0.1) is 6.10 Å².